The predicted molar refractivity (Wildman–Crippen MR) is 162 cm³/mol. The van der Waals surface area contributed by atoms with Crippen LogP contribution in [0.5, 0.6) is 11.5 Å². The number of hydrogen-bond donors (Lipinski definition) is 0. The number of fused-ring (bicyclic) bond motifs is 1. The minimum atomic E-state index is -1.23. The number of carbonyl (C=O) groups excluding carboxylic acids is 4. The molecule has 5 rings (SSSR count). The highest BCUT2D eigenvalue weighted by Crippen LogP contribution is 2.36. The van der Waals surface area contributed by atoms with Gasteiger partial charge in [0.2, 0.25) is 5.91 Å². The minimum Gasteiger partial charge on any atom is -0.485 e. The molecule has 4 aromatic rings. The number of imide groups is 1. The van der Waals surface area contributed by atoms with Crippen LogP contribution >= 0.6 is 0 Å². The van der Waals surface area contributed by atoms with Crippen LogP contribution < -0.4 is 9.47 Å². The van der Waals surface area contributed by atoms with Crippen molar-refractivity contribution in [1.82, 2.24) is 9.88 Å². The summed E-state index contributed by atoms with van der Waals surface area (Å²) in [6, 6.07) is 21.7. The van der Waals surface area contributed by atoms with Gasteiger partial charge in [-0.25, -0.2) is 4.79 Å². The fourth-order valence-electron chi connectivity index (χ4n) is 5.06. The summed E-state index contributed by atoms with van der Waals surface area (Å²) < 4.78 is 17.9. The van der Waals surface area contributed by atoms with Gasteiger partial charge >= 0.3 is 11.9 Å². The summed E-state index contributed by atoms with van der Waals surface area (Å²) >= 11 is 0. The number of carbonyl (C=O) groups is 4. The van der Waals surface area contributed by atoms with Gasteiger partial charge in [0, 0.05) is 29.8 Å². The second kappa shape index (κ2) is 14.1. The molecule has 0 radical (unpaired) electrons. The lowest BCUT2D eigenvalue weighted by molar-refractivity contribution is -0.161. The van der Waals surface area contributed by atoms with Gasteiger partial charge in [0.1, 0.15) is 25.4 Å². The average molecular weight is 591 g/mol. The van der Waals surface area contributed by atoms with E-state index < -0.39 is 35.7 Å². The Bertz CT molecular complexity index is 1700. The molecule has 2 heterocycles. The van der Waals surface area contributed by atoms with Crippen LogP contribution in [0.15, 0.2) is 91.3 Å². The molecular weight excluding hydrogens is 560 g/mol. The number of terminal acetylenes is 1. The fraction of sp³-hybridized carbons (Fsp3) is 0.229. The smallest absolute Gasteiger partial charge is 0.329 e. The zero-order valence-corrected chi connectivity index (χ0v) is 23.9. The molecule has 222 valence electrons. The molecule has 0 saturated carbocycles. The largest absolute Gasteiger partial charge is 0.485 e. The van der Waals surface area contributed by atoms with Crippen LogP contribution in [0, 0.1) is 12.3 Å². The molecular formula is C35H30N2O7. The van der Waals surface area contributed by atoms with Crippen molar-refractivity contribution >= 4 is 34.3 Å². The van der Waals surface area contributed by atoms with Crippen molar-refractivity contribution in [3.63, 3.8) is 0 Å². The highest BCUT2D eigenvalue weighted by molar-refractivity contribution is 6.45. The van der Waals surface area contributed by atoms with Gasteiger partial charge in [-0.2, -0.15) is 0 Å². The van der Waals surface area contributed by atoms with Crippen LogP contribution in [-0.2, 0) is 25.5 Å². The Kier molecular flexibility index (Phi) is 9.62. The van der Waals surface area contributed by atoms with Crippen LogP contribution in [-0.4, -0.2) is 58.8 Å². The minimum absolute atomic E-state index is 0.0371. The quantitative estimate of drug-likeness (QED) is 0.102. The normalized spacial score (nSPS) is 14.9. The van der Waals surface area contributed by atoms with Gasteiger partial charge in [-0.15, -0.1) is 6.42 Å². The first-order chi connectivity index (χ1) is 21.5. The summed E-state index contributed by atoms with van der Waals surface area (Å²) in [5.41, 5.74) is 1.06. The first-order valence-corrected chi connectivity index (χ1v) is 14.2. The predicted octanol–water partition coefficient (Wildman–Crippen LogP) is 4.57. The number of Topliss-reactive ketones (excluding diaryl/α,β-unsaturated/α-hetero) is 1. The molecule has 3 aromatic carbocycles. The number of ketones is 1. The highest BCUT2D eigenvalue weighted by atomic mass is 16.6. The number of hydrogen-bond acceptors (Lipinski definition) is 8. The Hall–Kier alpha value is -5.49. The van der Waals surface area contributed by atoms with Crippen molar-refractivity contribution < 1.29 is 33.4 Å². The van der Waals surface area contributed by atoms with Crippen molar-refractivity contribution in [1.29, 1.82) is 0 Å². The zero-order chi connectivity index (χ0) is 30.9. The number of benzene rings is 3. The van der Waals surface area contributed by atoms with Crippen molar-refractivity contribution in [2.75, 3.05) is 13.2 Å². The molecule has 1 aromatic heterocycles. The third kappa shape index (κ3) is 6.93. The summed E-state index contributed by atoms with van der Waals surface area (Å²) in [6.45, 7) is -0.0145. The Morgan fingerprint density at radius 1 is 0.977 bits per heavy atom. The van der Waals surface area contributed by atoms with E-state index in [0.29, 0.717) is 24.3 Å². The highest BCUT2D eigenvalue weighted by Gasteiger charge is 2.44. The number of aryl methyl sites for hydroxylation is 1. The molecule has 1 saturated heterocycles. The Morgan fingerprint density at radius 2 is 1.77 bits per heavy atom. The van der Waals surface area contributed by atoms with Crippen LogP contribution in [0.1, 0.15) is 35.2 Å². The third-order valence-electron chi connectivity index (χ3n) is 7.26. The van der Waals surface area contributed by atoms with Crippen LogP contribution in [0.4, 0.5) is 0 Å². The van der Waals surface area contributed by atoms with Crippen molar-refractivity contribution in [3.8, 4) is 23.8 Å². The number of rotatable bonds is 12. The molecule has 9 nitrogen and oxygen atoms in total. The Balaban J connectivity index is 1.36. The molecule has 0 N–H and O–H groups in total. The number of aromatic nitrogens is 1. The van der Waals surface area contributed by atoms with E-state index in [2.05, 4.69) is 10.9 Å². The van der Waals surface area contributed by atoms with E-state index in [1.165, 1.54) is 12.1 Å². The SMILES string of the molecule is C#CCOc1ccc2ccccc2c1OCC(CCc1cccnc1)OC(=O)C1CCC(=O)N1C(=O)C(=O)c1ccccc1. The van der Waals surface area contributed by atoms with Gasteiger partial charge in [-0.3, -0.25) is 24.3 Å². The molecule has 1 aliphatic rings. The summed E-state index contributed by atoms with van der Waals surface area (Å²) in [4.78, 5) is 57.1. The van der Waals surface area contributed by atoms with Gasteiger partial charge in [-0.1, -0.05) is 72.7 Å². The maximum Gasteiger partial charge on any atom is 0.329 e. The molecule has 0 bridgehead atoms. The standard InChI is InChI=1S/C35H30N2O7/c1-2-21-42-30-18-15-25-10-6-7-13-28(25)33(30)43-23-27(16-14-24-9-8-20-36-22-24)44-35(41)29-17-19-31(38)37(29)34(40)32(39)26-11-4-3-5-12-26/h1,3-13,15,18,20,22,27,29H,14,16-17,19,21,23H2. The van der Waals surface area contributed by atoms with Gasteiger partial charge in [0.05, 0.1) is 0 Å². The molecule has 0 spiro atoms. The maximum atomic E-state index is 13.5. The van der Waals surface area contributed by atoms with Crippen molar-refractivity contribution in [2.45, 2.75) is 37.8 Å². The van der Waals surface area contributed by atoms with Crippen LogP contribution in [0.25, 0.3) is 10.8 Å². The number of pyridine rings is 1. The van der Waals surface area contributed by atoms with E-state index >= 15 is 0 Å². The first kappa shape index (κ1) is 30.0. The van der Waals surface area contributed by atoms with Gasteiger partial charge in [0.25, 0.3) is 5.78 Å². The summed E-state index contributed by atoms with van der Waals surface area (Å²) in [5.74, 6) is 0.0210. The number of amides is 2. The Labute approximate surface area is 254 Å². The van der Waals surface area contributed by atoms with Crippen LogP contribution in [0.2, 0.25) is 0 Å². The van der Waals surface area contributed by atoms with E-state index in [4.69, 9.17) is 20.6 Å². The van der Waals surface area contributed by atoms with E-state index in [0.717, 1.165) is 21.2 Å². The van der Waals surface area contributed by atoms with E-state index in [-0.39, 0.29) is 31.6 Å². The lowest BCUT2D eigenvalue weighted by Gasteiger charge is -2.25. The van der Waals surface area contributed by atoms with E-state index in [9.17, 15) is 19.2 Å². The van der Waals surface area contributed by atoms with Gasteiger partial charge in [-0.05, 0) is 42.3 Å². The Morgan fingerprint density at radius 3 is 2.55 bits per heavy atom. The molecule has 2 unspecified atom stereocenters. The molecule has 1 fully saturated rings. The van der Waals surface area contributed by atoms with Crippen molar-refractivity contribution in [2.24, 2.45) is 0 Å². The lowest BCUT2D eigenvalue weighted by atomic mass is 10.1. The zero-order valence-electron chi connectivity index (χ0n) is 23.9. The molecule has 9 heteroatoms. The number of ether oxygens (including phenoxy) is 3. The topological polar surface area (TPSA) is 112 Å². The monoisotopic (exact) mass is 590 g/mol. The second-order valence-electron chi connectivity index (χ2n) is 10.2. The van der Waals surface area contributed by atoms with Crippen molar-refractivity contribution in [3.05, 3.63) is 102 Å². The first-order valence-electron chi connectivity index (χ1n) is 14.2. The molecule has 2 amide bonds. The molecule has 1 aliphatic heterocycles. The summed E-state index contributed by atoms with van der Waals surface area (Å²) in [6.07, 6.45) is 8.90. The molecule has 0 aliphatic carbocycles. The van der Waals surface area contributed by atoms with Gasteiger partial charge in [0.15, 0.2) is 11.5 Å². The number of esters is 1. The molecule has 2 atom stereocenters. The number of nitrogens with zero attached hydrogens (tertiary/aromatic N) is 2. The lowest BCUT2D eigenvalue weighted by Crippen LogP contribution is -2.47. The fourth-order valence-corrected chi connectivity index (χ4v) is 5.06. The second-order valence-corrected chi connectivity index (χ2v) is 10.2. The molecule has 44 heavy (non-hydrogen) atoms. The number of likely N-dealkylation sites (tertiary alicyclic amines) is 1. The van der Waals surface area contributed by atoms with E-state index in [1.54, 1.807) is 36.7 Å². The summed E-state index contributed by atoms with van der Waals surface area (Å²) in [7, 11) is 0. The summed E-state index contributed by atoms with van der Waals surface area (Å²) in [5, 5.41) is 1.71. The van der Waals surface area contributed by atoms with E-state index in [1.807, 2.05) is 42.5 Å². The van der Waals surface area contributed by atoms with Crippen LogP contribution in [0.3, 0.4) is 0 Å². The average Bonchev–Trinajstić information content (AvgIpc) is 3.46. The maximum absolute atomic E-state index is 13.5. The van der Waals surface area contributed by atoms with Gasteiger partial charge < -0.3 is 14.2 Å². The third-order valence-corrected chi connectivity index (χ3v) is 7.26.